The number of amides is 1. The van der Waals surface area contributed by atoms with Gasteiger partial charge in [-0.2, -0.15) is 4.31 Å². The molecule has 33 heavy (non-hydrogen) atoms. The van der Waals surface area contributed by atoms with Crippen molar-refractivity contribution in [3.05, 3.63) is 53.6 Å². The van der Waals surface area contributed by atoms with Gasteiger partial charge in [-0.25, -0.2) is 13.2 Å². The van der Waals surface area contributed by atoms with Gasteiger partial charge in [0.2, 0.25) is 15.9 Å². The van der Waals surface area contributed by atoms with Crippen molar-refractivity contribution in [3.63, 3.8) is 0 Å². The highest BCUT2D eigenvalue weighted by Gasteiger charge is 2.26. The number of piperidine rings is 1. The Labute approximate surface area is 195 Å². The molecule has 0 aliphatic carbocycles. The number of carbonyl (C=O) groups excluding carboxylic acids is 2. The molecule has 178 valence electrons. The van der Waals surface area contributed by atoms with Crippen molar-refractivity contribution in [1.29, 1.82) is 0 Å². The highest BCUT2D eigenvalue weighted by molar-refractivity contribution is 7.89. The molecule has 2 N–H and O–H groups in total. The van der Waals surface area contributed by atoms with Gasteiger partial charge < -0.3 is 15.4 Å². The second-order valence-corrected chi connectivity index (χ2v) is 10.3. The summed E-state index contributed by atoms with van der Waals surface area (Å²) in [6, 6.07) is 11.5. The highest BCUT2D eigenvalue weighted by Crippen LogP contribution is 2.25. The first kappa shape index (κ1) is 24.7. The molecule has 0 saturated carbocycles. The monoisotopic (exact) mass is 473 g/mol. The molecule has 2 aromatic rings. The Hall–Kier alpha value is -2.91. The molecule has 1 fully saturated rings. The molecule has 3 rings (SSSR count). The van der Waals surface area contributed by atoms with Crippen molar-refractivity contribution in [1.82, 2.24) is 4.31 Å². The van der Waals surface area contributed by atoms with Gasteiger partial charge in [-0.15, -0.1) is 0 Å². The second-order valence-electron chi connectivity index (χ2n) is 8.37. The second kappa shape index (κ2) is 10.8. The summed E-state index contributed by atoms with van der Waals surface area (Å²) < 4.78 is 32.6. The summed E-state index contributed by atoms with van der Waals surface area (Å²) in [6.07, 6.45) is 2.57. The normalized spacial score (nSPS) is 14.7. The van der Waals surface area contributed by atoms with Gasteiger partial charge in [-0.3, -0.25) is 4.79 Å². The van der Waals surface area contributed by atoms with Crippen molar-refractivity contribution in [2.45, 2.75) is 51.0 Å². The largest absolute Gasteiger partial charge is 0.459 e. The van der Waals surface area contributed by atoms with E-state index < -0.39 is 16.0 Å². The van der Waals surface area contributed by atoms with E-state index >= 15 is 0 Å². The Balaban J connectivity index is 1.61. The van der Waals surface area contributed by atoms with Crippen LogP contribution in [-0.4, -0.2) is 50.3 Å². The van der Waals surface area contributed by atoms with Crippen LogP contribution in [0.5, 0.6) is 0 Å². The zero-order valence-corrected chi connectivity index (χ0v) is 20.1. The van der Waals surface area contributed by atoms with Gasteiger partial charge in [0.1, 0.15) is 0 Å². The van der Waals surface area contributed by atoms with Crippen molar-refractivity contribution >= 4 is 33.3 Å². The maximum atomic E-state index is 12.9. The van der Waals surface area contributed by atoms with E-state index in [-0.39, 0.29) is 23.5 Å². The van der Waals surface area contributed by atoms with E-state index in [4.69, 9.17) is 4.74 Å². The van der Waals surface area contributed by atoms with Gasteiger partial charge in [0, 0.05) is 24.5 Å². The van der Waals surface area contributed by atoms with E-state index in [0.29, 0.717) is 30.0 Å². The lowest BCUT2D eigenvalue weighted by atomic mass is 10.2. The number of sulfonamides is 1. The molecule has 1 saturated heterocycles. The van der Waals surface area contributed by atoms with E-state index in [1.807, 2.05) is 6.92 Å². The van der Waals surface area contributed by atoms with Crippen LogP contribution in [0.25, 0.3) is 0 Å². The molecular formula is C24H31N3O5S. The fourth-order valence-electron chi connectivity index (χ4n) is 3.53. The fraction of sp³-hybridized carbons (Fsp3) is 0.417. The Morgan fingerprint density at radius 2 is 1.70 bits per heavy atom. The van der Waals surface area contributed by atoms with E-state index in [0.717, 1.165) is 24.8 Å². The Bertz CT molecular complexity index is 1090. The predicted molar refractivity (Wildman–Crippen MR) is 128 cm³/mol. The molecule has 0 unspecified atom stereocenters. The molecule has 0 bridgehead atoms. The predicted octanol–water partition coefficient (Wildman–Crippen LogP) is 3.79. The van der Waals surface area contributed by atoms with E-state index in [1.54, 1.807) is 50.2 Å². The maximum Gasteiger partial charge on any atom is 0.338 e. The zero-order chi connectivity index (χ0) is 24.0. The van der Waals surface area contributed by atoms with Gasteiger partial charge in [0.25, 0.3) is 0 Å². The molecule has 1 aliphatic rings. The quantitative estimate of drug-likeness (QED) is 0.566. The molecule has 1 heterocycles. The molecule has 2 aromatic carbocycles. The number of hydrogen-bond donors (Lipinski definition) is 2. The Morgan fingerprint density at radius 1 is 1.03 bits per heavy atom. The molecular weight excluding hydrogens is 442 g/mol. The van der Waals surface area contributed by atoms with Gasteiger partial charge >= 0.3 is 5.97 Å². The van der Waals surface area contributed by atoms with Gasteiger partial charge in [-0.05, 0) is 75.6 Å². The standard InChI is InChI=1S/C24H31N3O5S/c1-17(2)32-24(29)19-8-10-20(11-9-19)25-16-23(28)26-22-15-21(12-7-18(22)3)33(30,31)27-13-5-4-6-14-27/h7-12,15,17,25H,4-6,13-14,16H2,1-3H3,(H,26,28). The van der Waals surface area contributed by atoms with Gasteiger partial charge in [0.15, 0.2) is 0 Å². The number of rotatable bonds is 8. The molecule has 9 heteroatoms. The molecule has 0 aromatic heterocycles. The zero-order valence-electron chi connectivity index (χ0n) is 19.3. The summed E-state index contributed by atoms with van der Waals surface area (Å²) in [7, 11) is -3.58. The number of ether oxygens (including phenoxy) is 1. The Kier molecular flexibility index (Phi) is 8.10. The number of carbonyl (C=O) groups is 2. The van der Waals surface area contributed by atoms with Crippen LogP contribution in [0.15, 0.2) is 47.4 Å². The number of hydrogen-bond acceptors (Lipinski definition) is 6. The SMILES string of the molecule is Cc1ccc(S(=O)(=O)N2CCCCC2)cc1NC(=O)CNc1ccc(C(=O)OC(C)C)cc1. The van der Waals surface area contributed by atoms with E-state index in [9.17, 15) is 18.0 Å². The molecule has 1 aliphatic heterocycles. The molecule has 0 atom stereocenters. The number of nitrogens with one attached hydrogen (secondary N) is 2. The van der Waals surface area contributed by atoms with E-state index in [2.05, 4.69) is 10.6 Å². The van der Waals surface area contributed by atoms with Gasteiger partial charge in [-0.1, -0.05) is 12.5 Å². The van der Waals surface area contributed by atoms with Crippen molar-refractivity contribution in [3.8, 4) is 0 Å². The summed E-state index contributed by atoms with van der Waals surface area (Å²) in [5.74, 6) is -0.710. The van der Waals surface area contributed by atoms with E-state index in [1.165, 1.54) is 10.4 Å². The number of benzene rings is 2. The topological polar surface area (TPSA) is 105 Å². The number of nitrogens with zero attached hydrogens (tertiary/aromatic N) is 1. The number of anilines is 2. The smallest absolute Gasteiger partial charge is 0.338 e. The van der Waals surface area contributed by atoms with Gasteiger partial charge in [0.05, 0.1) is 23.1 Å². The molecule has 8 nitrogen and oxygen atoms in total. The molecule has 0 spiro atoms. The number of aryl methyl sites for hydroxylation is 1. The third kappa shape index (κ3) is 6.55. The summed E-state index contributed by atoms with van der Waals surface area (Å²) in [4.78, 5) is 24.6. The summed E-state index contributed by atoms with van der Waals surface area (Å²) >= 11 is 0. The van der Waals surface area contributed by atoms with Crippen LogP contribution in [-0.2, 0) is 19.6 Å². The highest BCUT2D eigenvalue weighted by atomic mass is 32.2. The molecule has 0 radical (unpaired) electrons. The minimum atomic E-state index is -3.58. The van der Waals surface area contributed by atoms with Crippen LogP contribution < -0.4 is 10.6 Å². The first-order valence-electron chi connectivity index (χ1n) is 11.1. The minimum absolute atomic E-state index is 0.0155. The summed E-state index contributed by atoms with van der Waals surface area (Å²) in [6.45, 7) is 6.42. The van der Waals surface area contributed by atoms with Crippen LogP contribution in [0.2, 0.25) is 0 Å². The first-order chi connectivity index (χ1) is 15.7. The number of esters is 1. The van der Waals surface area contributed by atoms with Crippen LogP contribution in [0, 0.1) is 6.92 Å². The average molecular weight is 474 g/mol. The van der Waals surface area contributed by atoms with Crippen molar-refractivity contribution < 1.29 is 22.7 Å². The van der Waals surface area contributed by atoms with Crippen LogP contribution in [0.4, 0.5) is 11.4 Å². The average Bonchev–Trinajstić information content (AvgIpc) is 2.79. The van der Waals surface area contributed by atoms with Crippen LogP contribution in [0.3, 0.4) is 0 Å². The third-order valence-corrected chi connectivity index (χ3v) is 7.25. The lowest BCUT2D eigenvalue weighted by molar-refractivity contribution is -0.114. The fourth-order valence-corrected chi connectivity index (χ4v) is 5.08. The minimum Gasteiger partial charge on any atom is -0.459 e. The molecule has 1 amide bonds. The first-order valence-corrected chi connectivity index (χ1v) is 12.6. The van der Waals surface area contributed by atoms with Crippen LogP contribution >= 0.6 is 0 Å². The lowest BCUT2D eigenvalue weighted by Crippen LogP contribution is -2.35. The van der Waals surface area contributed by atoms with Crippen molar-refractivity contribution in [2.75, 3.05) is 30.3 Å². The van der Waals surface area contributed by atoms with Crippen LogP contribution in [0.1, 0.15) is 49.0 Å². The summed E-state index contributed by atoms with van der Waals surface area (Å²) in [5.41, 5.74) is 2.34. The maximum absolute atomic E-state index is 12.9. The lowest BCUT2D eigenvalue weighted by Gasteiger charge is -2.26. The third-order valence-electron chi connectivity index (χ3n) is 5.35. The summed E-state index contributed by atoms with van der Waals surface area (Å²) in [5, 5.41) is 5.79. The van der Waals surface area contributed by atoms with Crippen molar-refractivity contribution in [2.24, 2.45) is 0 Å². The Morgan fingerprint density at radius 3 is 2.33 bits per heavy atom.